The van der Waals surface area contributed by atoms with Crippen LogP contribution >= 0.6 is 0 Å². The third kappa shape index (κ3) is 4.67. The molecule has 1 heterocycles. The maximum atomic E-state index is 11.9. The number of hydrogen-bond acceptors (Lipinski definition) is 4. The predicted molar refractivity (Wildman–Crippen MR) is 73.6 cm³/mol. The number of alkyl carbamates (subject to hydrolysis) is 1. The number of ether oxygens (including phenoxy) is 2. The molecule has 116 valence electrons. The quantitative estimate of drug-likeness (QED) is 0.827. The first-order chi connectivity index (χ1) is 8.96. The molecule has 0 saturated carbocycles. The average molecular weight is 287 g/mol. The summed E-state index contributed by atoms with van der Waals surface area (Å²) in [5.41, 5.74) is -2.21. The van der Waals surface area contributed by atoms with Crippen LogP contribution in [0.3, 0.4) is 0 Å². The van der Waals surface area contributed by atoms with Gasteiger partial charge in [-0.2, -0.15) is 0 Å². The van der Waals surface area contributed by atoms with Crippen molar-refractivity contribution >= 4 is 12.1 Å². The van der Waals surface area contributed by atoms with E-state index in [-0.39, 0.29) is 0 Å². The van der Waals surface area contributed by atoms with Crippen molar-refractivity contribution in [3.8, 4) is 0 Å². The molecule has 0 radical (unpaired) electrons. The van der Waals surface area contributed by atoms with Crippen LogP contribution in [0.25, 0.3) is 0 Å². The standard InChI is InChI=1S/C14H25NO5/c1-12(2,3)20-11(18)15-14(6-7-19-9-14)8-13(4,5)10(16)17/h6-9H2,1-5H3,(H,15,18)(H,16,17). The van der Waals surface area contributed by atoms with E-state index in [4.69, 9.17) is 9.47 Å². The Hall–Kier alpha value is -1.30. The molecule has 20 heavy (non-hydrogen) atoms. The molecule has 1 aliphatic heterocycles. The maximum absolute atomic E-state index is 11.9. The van der Waals surface area contributed by atoms with Crippen molar-refractivity contribution in [1.82, 2.24) is 5.32 Å². The molecule has 0 aromatic rings. The summed E-state index contributed by atoms with van der Waals surface area (Å²) < 4.78 is 10.6. The fourth-order valence-corrected chi connectivity index (χ4v) is 2.33. The molecule has 1 rings (SSSR count). The van der Waals surface area contributed by atoms with Gasteiger partial charge in [0.1, 0.15) is 5.60 Å². The molecule has 2 N–H and O–H groups in total. The predicted octanol–water partition coefficient (Wildman–Crippen LogP) is 2.17. The number of amides is 1. The molecule has 6 nitrogen and oxygen atoms in total. The van der Waals surface area contributed by atoms with E-state index in [9.17, 15) is 14.7 Å². The summed E-state index contributed by atoms with van der Waals surface area (Å²) in [6, 6.07) is 0. The Morgan fingerprint density at radius 1 is 1.30 bits per heavy atom. The number of nitrogens with one attached hydrogen (secondary N) is 1. The zero-order valence-electron chi connectivity index (χ0n) is 12.9. The van der Waals surface area contributed by atoms with Gasteiger partial charge in [-0.1, -0.05) is 0 Å². The number of aliphatic carboxylic acids is 1. The first-order valence-corrected chi connectivity index (χ1v) is 6.78. The van der Waals surface area contributed by atoms with Crippen LogP contribution in [0.4, 0.5) is 4.79 Å². The Kier molecular flexibility index (Phi) is 4.69. The molecule has 6 heteroatoms. The Morgan fingerprint density at radius 2 is 1.90 bits per heavy atom. The highest BCUT2D eigenvalue weighted by Crippen LogP contribution is 2.34. The van der Waals surface area contributed by atoms with Crippen LogP contribution in [0.2, 0.25) is 0 Å². The van der Waals surface area contributed by atoms with Crippen LogP contribution < -0.4 is 5.32 Å². The largest absolute Gasteiger partial charge is 0.481 e. The second-order valence-electron chi connectivity index (χ2n) is 7.08. The molecule has 1 unspecified atom stereocenters. The molecule has 1 aliphatic rings. The van der Waals surface area contributed by atoms with Gasteiger partial charge in [-0.3, -0.25) is 4.79 Å². The molecular formula is C14H25NO5. The van der Waals surface area contributed by atoms with Crippen molar-refractivity contribution in [3.63, 3.8) is 0 Å². The summed E-state index contributed by atoms with van der Waals surface area (Å²) in [5.74, 6) is -0.894. The number of carbonyl (C=O) groups excluding carboxylic acids is 1. The lowest BCUT2D eigenvalue weighted by Crippen LogP contribution is -2.53. The van der Waals surface area contributed by atoms with E-state index in [1.807, 2.05) is 0 Å². The van der Waals surface area contributed by atoms with Crippen LogP contribution in [0.15, 0.2) is 0 Å². The molecule has 0 bridgehead atoms. The smallest absolute Gasteiger partial charge is 0.408 e. The van der Waals surface area contributed by atoms with Crippen molar-refractivity contribution in [2.45, 2.75) is 58.6 Å². The second-order valence-corrected chi connectivity index (χ2v) is 7.08. The van der Waals surface area contributed by atoms with Gasteiger partial charge in [0, 0.05) is 6.61 Å². The normalized spacial score (nSPS) is 23.4. The number of carbonyl (C=O) groups is 2. The van der Waals surface area contributed by atoms with Crippen LogP contribution in [0.1, 0.15) is 47.5 Å². The van der Waals surface area contributed by atoms with Gasteiger partial charge in [0.15, 0.2) is 0 Å². The summed E-state index contributed by atoms with van der Waals surface area (Å²) >= 11 is 0. The molecule has 1 atom stereocenters. The summed E-state index contributed by atoms with van der Waals surface area (Å²) in [5, 5.41) is 12.1. The number of hydrogen-bond donors (Lipinski definition) is 2. The minimum Gasteiger partial charge on any atom is -0.481 e. The zero-order valence-corrected chi connectivity index (χ0v) is 12.9. The Bertz CT molecular complexity index is 378. The number of rotatable bonds is 4. The summed E-state index contributed by atoms with van der Waals surface area (Å²) in [6.45, 7) is 9.45. The lowest BCUT2D eigenvalue weighted by Gasteiger charge is -2.35. The Morgan fingerprint density at radius 3 is 2.30 bits per heavy atom. The van der Waals surface area contributed by atoms with Gasteiger partial charge in [0.05, 0.1) is 17.6 Å². The first kappa shape index (κ1) is 16.8. The van der Waals surface area contributed by atoms with Crippen molar-refractivity contribution in [2.75, 3.05) is 13.2 Å². The van der Waals surface area contributed by atoms with Gasteiger partial charge in [-0.05, 0) is 47.5 Å². The third-order valence-corrected chi connectivity index (χ3v) is 3.23. The van der Waals surface area contributed by atoms with Gasteiger partial charge >= 0.3 is 12.1 Å². The van der Waals surface area contributed by atoms with Gasteiger partial charge in [-0.25, -0.2) is 4.79 Å². The lowest BCUT2D eigenvalue weighted by atomic mass is 9.78. The highest BCUT2D eigenvalue weighted by molar-refractivity contribution is 5.74. The van der Waals surface area contributed by atoms with Crippen molar-refractivity contribution in [3.05, 3.63) is 0 Å². The van der Waals surface area contributed by atoms with Crippen LogP contribution in [-0.4, -0.2) is 41.5 Å². The second kappa shape index (κ2) is 5.60. The van der Waals surface area contributed by atoms with E-state index in [2.05, 4.69) is 5.32 Å². The fraction of sp³-hybridized carbons (Fsp3) is 0.857. The number of carboxylic acids is 1. The topological polar surface area (TPSA) is 84.9 Å². The monoisotopic (exact) mass is 287 g/mol. The van der Waals surface area contributed by atoms with Crippen molar-refractivity contribution in [1.29, 1.82) is 0 Å². The van der Waals surface area contributed by atoms with E-state index < -0.39 is 28.6 Å². The molecule has 0 aromatic carbocycles. The molecule has 1 fully saturated rings. The first-order valence-electron chi connectivity index (χ1n) is 6.78. The van der Waals surface area contributed by atoms with Gasteiger partial charge in [0.25, 0.3) is 0 Å². The average Bonchev–Trinajstić information content (AvgIpc) is 2.61. The molecule has 0 aromatic heterocycles. The minimum absolute atomic E-state index is 0.300. The SMILES string of the molecule is CC(C)(C)OC(=O)NC1(CC(C)(C)C(=O)O)CCOC1. The Labute approximate surface area is 119 Å². The highest BCUT2D eigenvalue weighted by Gasteiger charge is 2.44. The number of carboxylic acid groups (broad SMARTS) is 1. The molecule has 0 spiro atoms. The van der Waals surface area contributed by atoms with Gasteiger partial charge in [0.2, 0.25) is 0 Å². The minimum atomic E-state index is -0.942. The van der Waals surface area contributed by atoms with Gasteiger partial charge in [-0.15, -0.1) is 0 Å². The van der Waals surface area contributed by atoms with Gasteiger partial charge < -0.3 is 19.9 Å². The van der Waals surface area contributed by atoms with Crippen molar-refractivity contribution in [2.24, 2.45) is 5.41 Å². The third-order valence-electron chi connectivity index (χ3n) is 3.23. The summed E-state index contributed by atoms with van der Waals surface area (Å²) in [6.07, 6.45) is 0.349. The highest BCUT2D eigenvalue weighted by atomic mass is 16.6. The maximum Gasteiger partial charge on any atom is 0.408 e. The molecule has 1 amide bonds. The van der Waals surface area contributed by atoms with Crippen LogP contribution in [-0.2, 0) is 14.3 Å². The Balaban J connectivity index is 2.78. The van der Waals surface area contributed by atoms with E-state index in [0.717, 1.165) is 0 Å². The summed E-state index contributed by atoms with van der Waals surface area (Å²) in [7, 11) is 0. The molecule has 1 saturated heterocycles. The van der Waals surface area contributed by atoms with E-state index in [0.29, 0.717) is 26.1 Å². The summed E-state index contributed by atoms with van der Waals surface area (Å²) in [4.78, 5) is 23.2. The van der Waals surface area contributed by atoms with E-state index in [1.54, 1.807) is 34.6 Å². The molecular weight excluding hydrogens is 262 g/mol. The molecule has 0 aliphatic carbocycles. The van der Waals surface area contributed by atoms with E-state index in [1.165, 1.54) is 0 Å². The van der Waals surface area contributed by atoms with Crippen molar-refractivity contribution < 1.29 is 24.2 Å². The van der Waals surface area contributed by atoms with Crippen LogP contribution in [0, 0.1) is 5.41 Å². The lowest BCUT2D eigenvalue weighted by molar-refractivity contribution is -0.148. The van der Waals surface area contributed by atoms with E-state index >= 15 is 0 Å². The van der Waals surface area contributed by atoms with Crippen LogP contribution in [0.5, 0.6) is 0 Å². The fourth-order valence-electron chi connectivity index (χ4n) is 2.33. The zero-order chi connectivity index (χ0) is 15.6.